The molecule has 8 nitrogen and oxygen atoms in total. The van der Waals surface area contributed by atoms with Crippen LogP contribution in [0, 0.1) is 0 Å². The molecule has 132 valence electrons. The second kappa shape index (κ2) is 6.63. The average Bonchev–Trinajstić information content (AvgIpc) is 3.27. The molecule has 0 radical (unpaired) electrons. The highest BCUT2D eigenvalue weighted by Crippen LogP contribution is 2.31. The number of carbonyl (C=O) groups excluding carboxylic acids is 1. The van der Waals surface area contributed by atoms with Gasteiger partial charge in [-0.2, -0.15) is 23.3 Å². The SMILES string of the molecule is CCOC(=O)c1ncnn1Cc1ccc(-c2noc(C(F)(F)F)n2)s1. The number of thiophene rings is 1. The molecule has 0 aliphatic carbocycles. The van der Waals surface area contributed by atoms with E-state index >= 15 is 0 Å². The summed E-state index contributed by atoms with van der Waals surface area (Å²) in [4.78, 5) is 20.0. The van der Waals surface area contributed by atoms with Gasteiger partial charge in [0.05, 0.1) is 18.0 Å². The third-order valence-electron chi connectivity index (χ3n) is 2.93. The summed E-state index contributed by atoms with van der Waals surface area (Å²) in [7, 11) is 0. The van der Waals surface area contributed by atoms with E-state index < -0.39 is 18.0 Å². The van der Waals surface area contributed by atoms with Crippen LogP contribution in [0.4, 0.5) is 13.2 Å². The van der Waals surface area contributed by atoms with E-state index in [1.54, 1.807) is 19.1 Å². The molecule has 0 amide bonds. The minimum Gasteiger partial charge on any atom is -0.460 e. The van der Waals surface area contributed by atoms with Gasteiger partial charge in [-0.05, 0) is 19.1 Å². The van der Waals surface area contributed by atoms with Gasteiger partial charge in [0.1, 0.15) is 6.33 Å². The number of hydrogen-bond acceptors (Lipinski definition) is 8. The van der Waals surface area contributed by atoms with Crippen molar-refractivity contribution in [2.45, 2.75) is 19.6 Å². The number of esters is 1. The lowest BCUT2D eigenvalue weighted by Gasteiger charge is -2.03. The van der Waals surface area contributed by atoms with E-state index in [9.17, 15) is 18.0 Å². The highest BCUT2D eigenvalue weighted by molar-refractivity contribution is 7.15. The molecule has 25 heavy (non-hydrogen) atoms. The number of aromatic nitrogens is 5. The maximum Gasteiger partial charge on any atom is 0.471 e. The zero-order chi connectivity index (χ0) is 18.0. The summed E-state index contributed by atoms with van der Waals surface area (Å²) >= 11 is 1.15. The van der Waals surface area contributed by atoms with Crippen molar-refractivity contribution in [1.82, 2.24) is 24.9 Å². The third kappa shape index (κ3) is 3.68. The van der Waals surface area contributed by atoms with Gasteiger partial charge in [0.25, 0.3) is 0 Å². The first-order chi connectivity index (χ1) is 11.9. The Morgan fingerprint density at radius 3 is 2.88 bits per heavy atom. The molecular formula is C13H10F3N5O3S. The number of hydrogen-bond donors (Lipinski definition) is 0. The molecule has 3 rings (SSSR count). The van der Waals surface area contributed by atoms with E-state index in [0.29, 0.717) is 9.75 Å². The summed E-state index contributed by atoms with van der Waals surface area (Å²) in [5.74, 6) is -2.13. The Balaban J connectivity index is 1.78. The molecule has 0 fully saturated rings. The lowest BCUT2D eigenvalue weighted by Crippen LogP contribution is -2.14. The van der Waals surface area contributed by atoms with Crippen LogP contribution in [0.15, 0.2) is 23.0 Å². The Hall–Kier alpha value is -2.76. The summed E-state index contributed by atoms with van der Waals surface area (Å²) < 4.78 is 47.9. The van der Waals surface area contributed by atoms with Gasteiger partial charge in [-0.25, -0.2) is 14.5 Å². The summed E-state index contributed by atoms with van der Waals surface area (Å²) in [6, 6.07) is 3.23. The van der Waals surface area contributed by atoms with Gasteiger partial charge in [0.2, 0.25) is 11.6 Å². The van der Waals surface area contributed by atoms with Crippen LogP contribution < -0.4 is 0 Å². The fourth-order valence-electron chi connectivity index (χ4n) is 1.90. The molecule has 0 aliphatic heterocycles. The van der Waals surface area contributed by atoms with Crippen molar-refractivity contribution in [3.05, 3.63) is 35.1 Å². The molecule has 0 spiro atoms. The summed E-state index contributed by atoms with van der Waals surface area (Å²) in [5, 5.41) is 7.27. The molecule has 0 unspecified atom stereocenters. The molecule has 3 aromatic rings. The first-order valence-electron chi connectivity index (χ1n) is 6.93. The molecule has 12 heteroatoms. The van der Waals surface area contributed by atoms with E-state index in [4.69, 9.17) is 4.74 Å². The van der Waals surface area contributed by atoms with Crippen LogP contribution in [0.1, 0.15) is 28.3 Å². The van der Waals surface area contributed by atoms with Crippen LogP contribution in [0.3, 0.4) is 0 Å². The maximum absolute atomic E-state index is 12.5. The first-order valence-corrected chi connectivity index (χ1v) is 7.75. The quantitative estimate of drug-likeness (QED) is 0.634. The van der Waals surface area contributed by atoms with Gasteiger partial charge >= 0.3 is 18.0 Å². The highest BCUT2D eigenvalue weighted by atomic mass is 32.1. The molecule has 3 heterocycles. The van der Waals surface area contributed by atoms with Gasteiger partial charge in [-0.3, -0.25) is 0 Å². The molecule has 0 aromatic carbocycles. The predicted molar refractivity (Wildman–Crippen MR) is 77.7 cm³/mol. The van der Waals surface area contributed by atoms with Gasteiger partial charge in [-0.1, -0.05) is 5.16 Å². The minimum atomic E-state index is -4.69. The average molecular weight is 373 g/mol. The first kappa shape index (κ1) is 17.1. The van der Waals surface area contributed by atoms with Gasteiger partial charge in [-0.15, -0.1) is 11.3 Å². The van der Waals surface area contributed by atoms with Crippen molar-refractivity contribution in [3.63, 3.8) is 0 Å². The maximum atomic E-state index is 12.5. The number of rotatable bonds is 5. The lowest BCUT2D eigenvalue weighted by atomic mass is 10.4. The summed E-state index contributed by atoms with van der Waals surface area (Å²) in [6.07, 6.45) is -3.48. The van der Waals surface area contributed by atoms with Crippen LogP contribution in [-0.4, -0.2) is 37.5 Å². The normalized spacial score (nSPS) is 11.7. The Kier molecular flexibility index (Phi) is 4.53. The molecule has 0 N–H and O–H groups in total. The van der Waals surface area contributed by atoms with Crippen LogP contribution in [0.2, 0.25) is 0 Å². The molecule has 0 aliphatic rings. The number of halogens is 3. The van der Waals surface area contributed by atoms with E-state index in [-0.39, 0.29) is 24.8 Å². The molecule has 0 saturated carbocycles. The van der Waals surface area contributed by atoms with Gasteiger partial charge < -0.3 is 9.26 Å². The Morgan fingerprint density at radius 2 is 2.20 bits per heavy atom. The van der Waals surface area contributed by atoms with Gasteiger partial charge in [0.15, 0.2) is 0 Å². The Morgan fingerprint density at radius 1 is 1.40 bits per heavy atom. The van der Waals surface area contributed by atoms with Gasteiger partial charge in [0, 0.05) is 4.88 Å². The molecular weight excluding hydrogens is 363 g/mol. The second-order valence-electron chi connectivity index (χ2n) is 4.65. The van der Waals surface area contributed by atoms with E-state index in [0.717, 1.165) is 11.3 Å². The summed E-state index contributed by atoms with van der Waals surface area (Å²) in [6.45, 7) is 2.07. The number of alkyl halides is 3. The van der Waals surface area contributed by atoms with E-state index in [1.165, 1.54) is 11.0 Å². The van der Waals surface area contributed by atoms with E-state index in [1.807, 2.05) is 0 Å². The predicted octanol–water partition coefficient (Wildman–Crippen LogP) is 2.63. The van der Waals surface area contributed by atoms with Crippen LogP contribution in [0.25, 0.3) is 10.7 Å². The van der Waals surface area contributed by atoms with Crippen LogP contribution in [-0.2, 0) is 17.5 Å². The Labute approximate surface area is 142 Å². The Bertz CT molecular complexity index is 885. The van der Waals surface area contributed by atoms with E-state index in [2.05, 4.69) is 24.7 Å². The number of ether oxygens (including phenoxy) is 1. The molecule has 0 atom stereocenters. The van der Waals surface area contributed by atoms with Crippen molar-refractivity contribution >= 4 is 17.3 Å². The largest absolute Gasteiger partial charge is 0.471 e. The van der Waals surface area contributed by atoms with Crippen molar-refractivity contribution in [3.8, 4) is 10.7 Å². The monoisotopic (exact) mass is 373 g/mol. The van der Waals surface area contributed by atoms with Crippen LogP contribution >= 0.6 is 11.3 Å². The zero-order valence-corrected chi connectivity index (χ0v) is 13.5. The fourth-order valence-corrected chi connectivity index (χ4v) is 2.82. The zero-order valence-electron chi connectivity index (χ0n) is 12.6. The topological polar surface area (TPSA) is 95.9 Å². The second-order valence-corrected chi connectivity index (χ2v) is 5.82. The van der Waals surface area contributed by atoms with Crippen LogP contribution in [0.5, 0.6) is 0 Å². The van der Waals surface area contributed by atoms with Crippen molar-refractivity contribution in [2.75, 3.05) is 6.61 Å². The molecule has 0 bridgehead atoms. The van der Waals surface area contributed by atoms with Crippen molar-refractivity contribution in [2.24, 2.45) is 0 Å². The molecule has 3 aromatic heterocycles. The standard InChI is InChI=1S/C13H10F3N5O3S/c1-2-23-11(22)10-17-6-18-21(10)5-7-3-4-8(25-7)9-19-12(24-20-9)13(14,15)16/h3-4,6H,2,5H2,1H3. The minimum absolute atomic E-state index is 0.0377. The number of carbonyl (C=O) groups is 1. The van der Waals surface area contributed by atoms with Crippen molar-refractivity contribution < 1.29 is 27.2 Å². The smallest absolute Gasteiger partial charge is 0.460 e. The number of nitrogens with zero attached hydrogens (tertiary/aromatic N) is 5. The molecule has 0 saturated heterocycles. The highest BCUT2D eigenvalue weighted by Gasteiger charge is 2.38. The van der Waals surface area contributed by atoms with Crippen molar-refractivity contribution in [1.29, 1.82) is 0 Å². The third-order valence-corrected chi connectivity index (χ3v) is 4.00. The summed E-state index contributed by atoms with van der Waals surface area (Å²) in [5.41, 5.74) is 0. The fraction of sp³-hybridized carbons (Fsp3) is 0.308. The lowest BCUT2D eigenvalue weighted by molar-refractivity contribution is -0.159.